The SMILES string of the molecule is Cc1ncccc1Cn1c(S(=O)(=O)CCOC(N)=O)nc(C(C)C)c1Sc1cc(Cl)cc(Cl)c1. The molecule has 0 bridgehead atoms. The standard InChI is InChI=1S/C22H24Cl2N4O4S2/c1-13(2)19-20(33-18-10-16(23)9-17(24)11-18)28(12-15-5-4-6-26-14(15)3)22(27-19)34(30,31)8-7-32-21(25)29/h4-6,9-11,13H,7-8,12H2,1-3H3,(H2,25,29). The lowest BCUT2D eigenvalue weighted by Crippen LogP contribution is -2.22. The number of nitrogens with two attached hydrogens (primary N) is 1. The van der Waals surface area contributed by atoms with Gasteiger partial charge in [0.05, 0.1) is 18.0 Å². The van der Waals surface area contributed by atoms with E-state index in [2.05, 4.69) is 14.7 Å². The van der Waals surface area contributed by atoms with Gasteiger partial charge < -0.3 is 15.0 Å². The smallest absolute Gasteiger partial charge is 0.404 e. The van der Waals surface area contributed by atoms with Crippen LogP contribution < -0.4 is 5.73 Å². The number of imidazole rings is 1. The first-order chi connectivity index (χ1) is 16.0. The number of primary amides is 1. The number of aromatic nitrogens is 3. The number of benzene rings is 1. The van der Waals surface area contributed by atoms with Crippen molar-refractivity contribution >= 4 is 50.9 Å². The van der Waals surface area contributed by atoms with Crippen LogP contribution in [0.1, 0.15) is 36.7 Å². The molecule has 0 aliphatic carbocycles. The first-order valence-corrected chi connectivity index (χ1v) is 13.5. The van der Waals surface area contributed by atoms with Crippen LogP contribution in [0, 0.1) is 6.92 Å². The van der Waals surface area contributed by atoms with E-state index in [1.807, 2.05) is 26.8 Å². The van der Waals surface area contributed by atoms with Crippen molar-refractivity contribution in [2.24, 2.45) is 5.73 Å². The van der Waals surface area contributed by atoms with Gasteiger partial charge in [-0.2, -0.15) is 0 Å². The average Bonchev–Trinajstić information content (AvgIpc) is 3.07. The van der Waals surface area contributed by atoms with Crippen molar-refractivity contribution < 1.29 is 17.9 Å². The Bertz CT molecular complexity index is 1290. The van der Waals surface area contributed by atoms with Crippen LogP contribution in [0.25, 0.3) is 0 Å². The number of halogens is 2. The summed E-state index contributed by atoms with van der Waals surface area (Å²) in [6.45, 7) is 5.57. The number of rotatable bonds is 9. The number of nitrogens with zero attached hydrogens (tertiary/aromatic N) is 3. The van der Waals surface area contributed by atoms with Gasteiger partial charge in [-0.3, -0.25) is 4.98 Å². The van der Waals surface area contributed by atoms with Crippen LogP contribution in [0.3, 0.4) is 0 Å². The van der Waals surface area contributed by atoms with E-state index < -0.39 is 21.7 Å². The van der Waals surface area contributed by atoms with E-state index in [1.54, 1.807) is 35.0 Å². The highest BCUT2D eigenvalue weighted by molar-refractivity contribution is 7.99. The van der Waals surface area contributed by atoms with Crippen molar-refractivity contribution in [2.75, 3.05) is 12.4 Å². The van der Waals surface area contributed by atoms with Crippen LogP contribution in [0.2, 0.25) is 10.0 Å². The summed E-state index contributed by atoms with van der Waals surface area (Å²) in [4.78, 5) is 20.5. The maximum absolute atomic E-state index is 13.3. The average molecular weight is 543 g/mol. The third-order valence-corrected chi connectivity index (χ3v) is 7.93. The molecule has 0 saturated heterocycles. The molecule has 0 saturated carbocycles. The summed E-state index contributed by atoms with van der Waals surface area (Å²) in [7, 11) is -3.93. The third kappa shape index (κ3) is 6.44. The van der Waals surface area contributed by atoms with Crippen molar-refractivity contribution in [3.63, 3.8) is 0 Å². The summed E-state index contributed by atoms with van der Waals surface area (Å²) in [5.41, 5.74) is 7.19. The first-order valence-electron chi connectivity index (χ1n) is 10.3. The van der Waals surface area contributed by atoms with E-state index in [1.165, 1.54) is 11.8 Å². The lowest BCUT2D eigenvalue weighted by Gasteiger charge is -2.15. The van der Waals surface area contributed by atoms with Crippen LogP contribution in [-0.4, -0.2) is 41.4 Å². The summed E-state index contributed by atoms with van der Waals surface area (Å²) in [6.07, 6.45) is 0.635. The molecule has 2 heterocycles. The second-order valence-corrected chi connectivity index (χ2v) is 11.7. The molecular formula is C22H24Cl2N4O4S2. The Labute approximate surface area is 212 Å². The second-order valence-electron chi connectivity index (χ2n) is 7.77. The van der Waals surface area contributed by atoms with Gasteiger partial charge in [-0.25, -0.2) is 18.2 Å². The number of ether oxygens (including phenoxy) is 1. The van der Waals surface area contributed by atoms with Gasteiger partial charge in [0, 0.05) is 26.8 Å². The second kappa shape index (κ2) is 11.0. The largest absolute Gasteiger partial charge is 0.449 e. The summed E-state index contributed by atoms with van der Waals surface area (Å²) in [5, 5.41) is 1.45. The summed E-state index contributed by atoms with van der Waals surface area (Å²) in [6, 6.07) is 8.81. The molecule has 1 aromatic carbocycles. The molecule has 1 amide bonds. The van der Waals surface area contributed by atoms with E-state index in [9.17, 15) is 13.2 Å². The fourth-order valence-corrected chi connectivity index (χ4v) is 6.36. The molecule has 0 aliphatic rings. The zero-order valence-electron chi connectivity index (χ0n) is 18.8. The lowest BCUT2D eigenvalue weighted by molar-refractivity contribution is 0.163. The van der Waals surface area contributed by atoms with E-state index in [4.69, 9.17) is 28.9 Å². The highest BCUT2D eigenvalue weighted by Crippen LogP contribution is 2.38. The highest BCUT2D eigenvalue weighted by Gasteiger charge is 2.29. The minimum atomic E-state index is -3.93. The quantitative estimate of drug-likeness (QED) is 0.400. The van der Waals surface area contributed by atoms with Gasteiger partial charge in [0.25, 0.3) is 0 Å². The van der Waals surface area contributed by atoms with Crippen LogP contribution in [0.4, 0.5) is 4.79 Å². The molecule has 2 N–H and O–H groups in total. The van der Waals surface area contributed by atoms with Crippen molar-refractivity contribution in [2.45, 2.75) is 48.3 Å². The van der Waals surface area contributed by atoms with Gasteiger partial charge >= 0.3 is 6.09 Å². The molecule has 182 valence electrons. The number of sulfone groups is 1. The normalized spacial score (nSPS) is 11.7. The summed E-state index contributed by atoms with van der Waals surface area (Å²) < 4.78 is 32.9. The minimum Gasteiger partial charge on any atom is -0.449 e. The molecule has 0 radical (unpaired) electrons. The molecule has 3 rings (SSSR count). The van der Waals surface area contributed by atoms with Gasteiger partial charge in [-0.05, 0) is 42.7 Å². The maximum Gasteiger partial charge on any atom is 0.404 e. The maximum atomic E-state index is 13.3. The van der Waals surface area contributed by atoms with Crippen molar-refractivity contribution in [3.05, 3.63) is 63.5 Å². The molecule has 0 fully saturated rings. The monoisotopic (exact) mass is 542 g/mol. The molecule has 0 atom stereocenters. The fraction of sp³-hybridized carbons (Fsp3) is 0.318. The van der Waals surface area contributed by atoms with Gasteiger partial charge in [0.15, 0.2) is 0 Å². The number of hydrogen-bond acceptors (Lipinski definition) is 7. The molecule has 3 aromatic rings. The van der Waals surface area contributed by atoms with Gasteiger partial charge in [0.1, 0.15) is 11.6 Å². The molecular weight excluding hydrogens is 519 g/mol. The molecule has 34 heavy (non-hydrogen) atoms. The first kappa shape index (κ1) is 26.3. The topological polar surface area (TPSA) is 117 Å². The minimum absolute atomic E-state index is 0.0794. The number of carbonyl (C=O) groups excluding carboxylic acids is 1. The Kier molecular flexibility index (Phi) is 8.51. The number of hydrogen-bond donors (Lipinski definition) is 1. The van der Waals surface area contributed by atoms with E-state index in [0.717, 1.165) is 16.2 Å². The molecule has 8 nitrogen and oxygen atoms in total. The Hall–Kier alpha value is -2.27. The van der Waals surface area contributed by atoms with Crippen LogP contribution in [-0.2, 0) is 21.1 Å². The highest BCUT2D eigenvalue weighted by atomic mass is 35.5. The number of amides is 1. The van der Waals surface area contributed by atoms with Crippen LogP contribution in [0.5, 0.6) is 0 Å². The van der Waals surface area contributed by atoms with Gasteiger partial charge in [-0.15, -0.1) is 0 Å². The number of aryl methyl sites for hydroxylation is 1. The zero-order valence-corrected chi connectivity index (χ0v) is 21.9. The summed E-state index contributed by atoms with van der Waals surface area (Å²) >= 11 is 13.7. The Balaban J connectivity index is 2.17. The zero-order chi connectivity index (χ0) is 25.0. The third-order valence-electron chi connectivity index (χ3n) is 4.83. The molecule has 0 spiro atoms. The molecule has 0 unspecified atom stereocenters. The van der Waals surface area contributed by atoms with E-state index in [-0.39, 0.29) is 24.2 Å². The van der Waals surface area contributed by atoms with Crippen molar-refractivity contribution in [1.82, 2.24) is 14.5 Å². The Morgan fingerprint density at radius 2 is 1.91 bits per heavy atom. The number of carbonyl (C=O) groups is 1. The fourth-order valence-electron chi connectivity index (χ4n) is 3.19. The van der Waals surface area contributed by atoms with Crippen LogP contribution >= 0.6 is 35.0 Å². The predicted molar refractivity (Wildman–Crippen MR) is 133 cm³/mol. The number of pyridine rings is 1. The van der Waals surface area contributed by atoms with Gasteiger partial charge in [-0.1, -0.05) is 54.9 Å². The van der Waals surface area contributed by atoms with Gasteiger partial charge in [0.2, 0.25) is 15.0 Å². The summed E-state index contributed by atoms with van der Waals surface area (Å²) in [5.74, 6) is -0.534. The lowest BCUT2D eigenvalue weighted by atomic mass is 10.1. The van der Waals surface area contributed by atoms with Crippen LogP contribution in [0.15, 0.2) is 51.6 Å². The molecule has 0 aliphatic heterocycles. The Morgan fingerprint density at radius 3 is 2.50 bits per heavy atom. The van der Waals surface area contributed by atoms with E-state index >= 15 is 0 Å². The Morgan fingerprint density at radius 1 is 1.24 bits per heavy atom. The van der Waals surface area contributed by atoms with Crippen molar-refractivity contribution in [1.29, 1.82) is 0 Å². The molecule has 12 heteroatoms. The van der Waals surface area contributed by atoms with Crippen molar-refractivity contribution in [3.8, 4) is 0 Å². The van der Waals surface area contributed by atoms with E-state index in [0.29, 0.717) is 20.8 Å². The predicted octanol–water partition coefficient (Wildman–Crippen LogP) is 5.09. The molecule has 2 aromatic heterocycles.